The van der Waals surface area contributed by atoms with Gasteiger partial charge in [0.1, 0.15) is 11.5 Å². The summed E-state index contributed by atoms with van der Waals surface area (Å²) >= 11 is 0. The minimum Gasteiger partial charge on any atom is -0.257 e. The summed E-state index contributed by atoms with van der Waals surface area (Å²) in [6.45, 7) is 1.60. The van der Waals surface area contributed by atoms with Gasteiger partial charge in [0.15, 0.2) is 0 Å². The van der Waals surface area contributed by atoms with E-state index in [0.717, 1.165) is 5.01 Å². The summed E-state index contributed by atoms with van der Waals surface area (Å²) in [5.41, 5.74) is 0.279. The summed E-state index contributed by atoms with van der Waals surface area (Å²) < 4.78 is 75.7. The highest BCUT2D eigenvalue weighted by molar-refractivity contribution is 7.89. The molecule has 2 aromatic rings. The maximum absolute atomic E-state index is 13.4. The molecule has 1 heterocycles. The number of hydrogen-bond donors (Lipinski definition) is 1. The molecule has 0 saturated heterocycles. The highest BCUT2D eigenvalue weighted by atomic mass is 32.2. The Kier molecular flexibility index (Phi) is 4.73. The normalized spacial score (nSPS) is 17.9. The van der Waals surface area contributed by atoms with Crippen LogP contribution in [0.3, 0.4) is 0 Å². The molecule has 0 bridgehead atoms. The molecule has 1 atom stereocenters. The molecule has 0 amide bonds. The van der Waals surface area contributed by atoms with Crippen LogP contribution in [0.1, 0.15) is 23.6 Å². The van der Waals surface area contributed by atoms with Gasteiger partial charge >= 0.3 is 6.18 Å². The van der Waals surface area contributed by atoms with Gasteiger partial charge in [-0.15, -0.1) is 0 Å². The Balaban J connectivity index is 2.05. The third-order valence-electron chi connectivity index (χ3n) is 4.26. The van der Waals surface area contributed by atoms with Crippen LogP contribution >= 0.6 is 0 Å². The number of nitrogens with zero attached hydrogens (tertiary/aromatic N) is 2. The number of anilines is 1. The van der Waals surface area contributed by atoms with E-state index >= 15 is 0 Å². The van der Waals surface area contributed by atoms with Crippen LogP contribution in [0.25, 0.3) is 0 Å². The Morgan fingerprint density at radius 2 is 1.78 bits per heavy atom. The van der Waals surface area contributed by atoms with Gasteiger partial charge in [0, 0.05) is 6.42 Å². The fourth-order valence-corrected chi connectivity index (χ4v) is 3.48. The zero-order valence-electron chi connectivity index (χ0n) is 14.0. The molecule has 3 rings (SSSR count). The van der Waals surface area contributed by atoms with E-state index < -0.39 is 40.2 Å². The molecule has 10 heteroatoms. The lowest BCUT2D eigenvalue weighted by Crippen LogP contribution is -2.22. The quantitative estimate of drug-likeness (QED) is 0.798. The van der Waals surface area contributed by atoms with Gasteiger partial charge in [-0.25, -0.2) is 17.9 Å². The average Bonchev–Trinajstić information content (AvgIpc) is 2.99. The molecular formula is C17H15F4N3O2S. The molecule has 2 N–H and O–H groups in total. The molecular weight excluding hydrogens is 386 g/mol. The first-order valence-corrected chi connectivity index (χ1v) is 9.34. The van der Waals surface area contributed by atoms with Gasteiger partial charge < -0.3 is 0 Å². The minimum absolute atomic E-state index is 0.167. The second kappa shape index (κ2) is 6.61. The number of alkyl halides is 3. The second-order valence-corrected chi connectivity index (χ2v) is 7.71. The lowest BCUT2D eigenvalue weighted by molar-refractivity contribution is -0.0600. The van der Waals surface area contributed by atoms with E-state index in [1.165, 1.54) is 42.5 Å². The molecule has 0 aromatic heterocycles. The summed E-state index contributed by atoms with van der Waals surface area (Å²) in [7, 11) is -3.93. The Hall–Kier alpha value is -2.46. The predicted octanol–water partition coefficient (Wildman–Crippen LogP) is 3.65. The molecule has 0 radical (unpaired) electrons. The summed E-state index contributed by atoms with van der Waals surface area (Å²) in [5.74, 6) is -0.490. The van der Waals surface area contributed by atoms with Crippen molar-refractivity contribution in [2.45, 2.75) is 30.5 Å². The minimum atomic E-state index is -4.61. The molecule has 0 fully saturated rings. The van der Waals surface area contributed by atoms with Crippen molar-refractivity contribution < 1.29 is 26.0 Å². The molecule has 0 spiro atoms. The lowest BCUT2D eigenvalue weighted by atomic mass is 9.97. The van der Waals surface area contributed by atoms with Gasteiger partial charge in [0.2, 0.25) is 10.0 Å². The third kappa shape index (κ3) is 3.96. The summed E-state index contributed by atoms with van der Waals surface area (Å²) in [4.78, 5) is -0.167. The standard InChI is InChI=1S/C17H15F4N3O2S/c1-10-8-11(18)2-7-14(10)15-9-16(17(19,20)21)23-24(15)12-3-5-13(6-4-12)27(22,25)26/h2-8,15H,9H2,1H3,(H2,22,25,26). The largest absolute Gasteiger partial charge is 0.431 e. The monoisotopic (exact) mass is 401 g/mol. The third-order valence-corrected chi connectivity index (χ3v) is 5.19. The topological polar surface area (TPSA) is 75.8 Å². The number of halogens is 4. The van der Waals surface area contributed by atoms with Crippen molar-refractivity contribution in [3.05, 3.63) is 59.4 Å². The van der Waals surface area contributed by atoms with E-state index in [-0.39, 0.29) is 10.6 Å². The van der Waals surface area contributed by atoms with Crippen molar-refractivity contribution >= 4 is 21.4 Å². The Morgan fingerprint density at radius 3 is 2.30 bits per heavy atom. The van der Waals surface area contributed by atoms with Crippen LogP contribution in [0.4, 0.5) is 23.2 Å². The van der Waals surface area contributed by atoms with Crippen LogP contribution in [-0.4, -0.2) is 20.3 Å². The fraction of sp³-hybridized carbons (Fsp3) is 0.235. The van der Waals surface area contributed by atoms with Crippen LogP contribution in [0.5, 0.6) is 0 Å². The SMILES string of the molecule is Cc1cc(F)ccc1C1CC(C(F)(F)F)=NN1c1ccc(S(N)(=O)=O)cc1. The number of sulfonamides is 1. The zero-order chi connectivity index (χ0) is 20.0. The molecule has 2 aromatic carbocycles. The summed E-state index contributed by atoms with van der Waals surface area (Å²) in [5, 5.41) is 9.89. The van der Waals surface area contributed by atoms with Crippen molar-refractivity contribution in [3.63, 3.8) is 0 Å². The number of rotatable bonds is 3. The maximum atomic E-state index is 13.4. The Morgan fingerprint density at radius 1 is 1.15 bits per heavy atom. The number of aryl methyl sites for hydroxylation is 1. The summed E-state index contributed by atoms with van der Waals surface area (Å²) in [6, 6.07) is 8.08. The molecule has 0 aliphatic carbocycles. The predicted molar refractivity (Wildman–Crippen MR) is 92.3 cm³/mol. The Labute approximate surface area is 153 Å². The van der Waals surface area contributed by atoms with Crippen molar-refractivity contribution in [2.24, 2.45) is 10.2 Å². The molecule has 1 aliphatic heterocycles. The van der Waals surface area contributed by atoms with Gasteiger partial charge in [-0.2, -0.15) is 18.3 Å². The first-order chi connectivity index (χ1) is 12.5. The van der Waals surface area contributed by atoms with Gasteiger partial charge in [-0.3, -0.25) is 5.01 Å². The first kappa shape index (κ1) is 19.3. The van der Waals surface area contributed by atoms with Gasteiger partial charge in [-0.05, 0) is 54.4 Å². The second-order valence-electron chi connectivity index (χ2n) is 6.15. The summed E-state index contributed by atoms with van der Waals surface area (Å²) in [6.07, 6.45) is -5.02. The van der Waals surface area contributed by atoms with E-state index in [2.05, 4.69) is 5.10 Å². The molecule has 5 nitrogen and oxygen atoms in total. The number of benzene rings is 2. The van der Waals surface area contributed by atoms with Crippen LogP contribution in [0.2, 0.25) is 0 Å². The number of hydrogen-bond acceptors (Lipinski definition) is 4. The van der Waals surface area contributed by atoms with E-state index in [4.69, 9.17) is 5.14 Å². The lowest BCUT2D eigenvalue weighted by Gasteiger charge is -2.25. The molecule has 144 valence electrons. The fourth-order valence-electron chi connectivity index (χ4n) is 2.96. The van der Waals surface area contributed by atoms with Gasteiger partial charge in [0.25, 0.3) is 0 Å². The Bertz CT molecular complexity index is 1000. The van der Waals surface area contributed by atoms with Crippen LogP contribution < -0.4 is 10.1 Å². The van der Waals surface area contributed by atoms with Crippen LogP contribution in [-0.2, 0) is 10.0 Å². The van der Waals surface area contributed by atoms with Crippen molar-refractivity contribution in [1.29, 1.82) is 0 Å². The van der Waals surface area contributed by atoms with Crippen LogP contribution in [0, 0.1) is 12.7 Å². The molecule has 0 saturated carbocycles. The number of primary sulfonamides is 1. The smallest absolute Gasteiger partial charge is 0.257 e. The average molecular weight is 401 g/mol. The van der Waals surface area contributed by atoms with Crippen molar-refractivity contribution in [3.8, 4) is 0 Å². The van der Waals surface area contributed by atoms with E-state index in [1.54, 1.807) is 6.92 Å². The van der Waals surface area contributed by atoms with E-state index in [1.807, 2.05) is 0 Å². The molecule has 1 aliphatic rings. The number of nitrogens with two attached hydrogens (primary N) is 1. The highest BCUT2D eigenvalue weighted by Gasteiger charge is 2.44. The van der Waals surface area contributed by atoms with Gasteiger partial charge in [-0.1, -0.05) is 6.07 Å². The number of hydrazone groups is 1. The van der Waals surface area contributed by atoms with Crippen molar-refractivity contribution in [2.75, 3.05) is 5.01 Å². The molecule has 1 unspecified atom stereocenters. The zero-order valence-corrected chi connectivity index (χ0v) is 14.9. The van der Waals surface area contributed by atoms with Gasteiger partial charge in [0.05, 0.1) is 16.6 Å². The maximum Gasteiger partial charge on any atom is 0.431 e. The highest BCUT2D eigenvalue weighted by Crippen LogP contribution is 2.40. The van der Waals surface area contributed by atoms with E-state index in [0.29, 0.717) is 11.1 Å². The molecule has 27 heavy (non-hydrogen) atoms. The van der Waals surface area contributed by atoms with Crippen molar-refractivity contribution in [1.82, 2.24) is 0 Å². The van der Waals surface area contributed by atoms with Crippen LogP contribution in [0.15, 0.2) is 52.5 Å². The first-order valence-electron chi connectivity index (χ1n) is 7.79. The van der Waals surface area contributed by atoms with E-state index in [9.17, 15) is 26.0 Å².